The molecule has 78 valence electrons. The van der Waals surface area contributed by atoms with Gasteiger partial charge in [0.05, 0.1) is 7.11 Å². The molecule has 0 radical (unpaired) electrons. The molecule has 1 aromatic carbocycles. The number of rotatable bonds is 2. The maximum atomic E-state index is 11.3. The SMILES string of the molecule is COC(=O)OS(=O)(=O)c1ccccc1.[H-].[Li+]. The van der Waals surface area contributed by atoms with Crippen LogP contribution in [0.25, 0.3) is 0 Å². The van der Waals surface area contributed by atoms with E-state index in [0.29, 0.717) is 0 Å². The predicted molar refractivity (Wildman–Crippen MR) is 48.2 cm³/mol. The van der Waals surface area contributed by atoms with Crippen molar-refractivity contribution in [1.82, 2.24) is 0 Å². The Balaban J connectivity index is 0. The zero-order valence-corrected chi connectivity index (χ0v) is 9.15. The topological polar surface area (TPSA) is 69.7 Å². The van der Waals surface area contributed by atoms with E-state index in [4.69, 9.17) is 0 Å². The smallest absolute Gasteiger partial charge is 1.00 e. The Morgan fingerprint density at radius 2 is 1.80 bits per heavy atom. The van der Waals surface area contributed by atoms with Gasteiger partial charge in [0, 0.05) is 0 Å². The molecule has 15 heavy (non-hydrogen) atoms. The number of hydrogen-bond acceptors (Lipinski definition) is 5. The molecule has 0 amide bonds. The van der Waals surface area contributed by atoms with Crippen molar-refractivity contribution in [3.05, 3.63) is 30.3 Å². The summed E-state index contributed by atoms with van der Waals surface area (Å²) in [5, 5.41) is 0. The summed E-state index contributed by atoms with van der Waals surface area (Å²) in [5.41, 5.74) is 0. The molecule has 0 fully saturated rings. The number of benzene rings is 1. The number of ether oxygens (including phenoxy) is 1. The van der Waals surface area contributed by atoms with Crippen molar-refractivity contribution in [2.75, 3.05) is 7.11 Å². The van der Waals surface area contributed by atoms with Crippen LogP contribution in [0.5, 0.6) is 0 Å². The fourth-order valence-electron chi connectivity index (χ4n) is 0.759. The fourth-order valence-corrected chi connectivity index (χ4v) is 1.59. The summed E-state index contributed by atoms with van der Waals surface area (Å²) >= 11 is 0. The molecule has 0 saturated heterocycles. The van der Waals surface area contributed by atoms with Crippen LogP contribution in [0.3, 0.4) is 0 Å². The molecule has 0 spiro atoms. The van der Waals surface area contributed by atoms with Gasteiger partial charge in [-0.15, -0.1) is 0 Å². The van der Waals surface area contributed by atoms with Gasteiger partial charge >= 0.3 is 35.1 Å². The van der Waals surface area contributed by atoms with Gasteiger partial charge in [0.15, 0.2) is 0 Å². The van der Waals surface area contributed by atoms with Crippen LogP contribution >= 0.6 is 0 Å². The molecule has 0 aliphatic rings. The van der Waals surface area contributed by atoms with E-state index >= 15 is 0 Å². The van der Waals surface area contributed by atoms with E-state index in [-0.39, 0.29) is 25.2 Å². The molecule has 0 aromatic heterocycles. The average Bonchev–Trinajstić information content (AvgIpc) is 2.18. The first-order chi connectivity index (χ1) is 6.56. The van der Waals surface area contributed by atoms with Gasteiger partial charge in [0.25, 0.3) is 0 Å². The van der Waals surface area contributed by atoms with Crippen LogP contribution in [-0.2, 0) is 19.0 Å². The zero-order valence-electron chi connectivity index (χ0n) is 9.34. The Morgan fingerprint density at radius 1 is 1.27 bits per heavy atom. The monoisotopic (exact) mass is 224 g/mol. The average molecular weight is 224 g/mol. The third kappa shape index (κ3) is 3.96. The molecule has 0 aliphatic carbocycles. The Hall–Kier alpha value is -0.963. The Morgan fingerprint density at radius 3 is 2.27 bits per heavy atom. The Bertz CT molecular complexity index is 419. The van der Waals surface area contributed by atoms with Crippen LogP contribution in [0, 0.1) is 0 Å². The van der Waals surface area contributed by atoms with E-state index in [1.807, 2.05) is 0 Å². The van der Waals surface area contributed by atoms with E-state index in [0.717, 1.165) is 7.11 Å². The van der Waals surface area contributed by atoms with Crippen molar-refractivity contribution >= 4 is 16.3 Å². The summed E-state index contributed by atoms with van der Waals surface area (Å²) in [6, 6.07) is 7.33. The van der Waals surface area contributed by atoms with Gasteiger partial charge in [-0.1, -0.05) is 18.2 Å². The second kappa shape index (κ2) is 5.81. The second-order valence-electron chi connectivity index (χ2n) is 2.30. The summed E-state index contributed by atoms with van der Waals surface area (Å²) in [6.07, 6.45) is -1.26. The molecule has 1 rings (SSSR count). The van der Waals surface area contributed by atoms with Crippen LogP contribution in [0.1, 0.15) is 1.43 Å². The maximum absolute atomic E-state index is 11.3. The van der Waals surface area contributed by atoms with Gasteiger partial charge in [-0.25, -0.2) is 4.79 Å². The van der Waals surface area contributed by atoms with Gasteiger partial charge < -0.3 is 10.3 Å². The van der Waals surface area contributed by atoms with Crippen LogP contribution < -0.4 is 18.9 Å². The van der Waals surface area contributed by atoms with E-state index in [2.05, 4.69) is 8.92 Å². The van der Waals surface area contributed by atoms with E-state index < -0.39 is 16.3 Å². The first-order valence-corrected chi connectivity index (χ1v) is 5.04. The van der Waals surface area contributed by atoms with Gasteiger partial charge in [0.1, 0.15) is 4.90 Å². The van der Waals surface area contributed by atoms with Crippen molar-refractivity contribution in [3.63, 3.8) is 0 Å². The van der Waals surface area contributed by atoms with Crippen LogP contribution in [0.15, 0.2) is 35.2 Å². The van der Waals surface area contributed by atoms with E-state index in [1.54, 1.807) is 6.07 Å². The molecule has 0 atom stereocenters. The minimum atomic E-state index is -4.05. The van der Waals surface area contributed by atoms with E-state index in [9.17, 15) is 13.2 Å². The van der Waals surface area contributed by atoms with Gasteiger partial charge in [-0.05, 0) is 12.1 Å². The maximum Gasteiger partial charge on any atom is 1.00 e. The van der Waals surface area contributed by atoms with Crippen molar-refractivity contribution in [3.8, 4) is 0 Å². The molecule has 0 N–H and O–H groups in total. The normalized spacial score (nSPS) is 9.93. The summed E-state index contributed by atoms with van der Waals surface area (Å²) in [6.45, 7) is 0. The number of hydrogen-bond donors (Lipinski definition) is 0. The number of methoxy groups -OCH3 is 1. The van der Waals surface area contributed by atoms with Crippen molar-refractivity contribution in [2.45, 2.75) is 4.90 Å². The minimum Gasteiger partial charge on any atom is -1.00 e. The van der Waals surface area contributed by atoms with Crippen LogP contribution in [0.4, 0.5) is 4.79 Å². The summed E-state index contributed by atoms with van der Waals surface area (Å²) < 4.78 is 30.7. The van der Waals surface area contributed by atoms with Gasteiger partial charge in [-0.3, -0.25) is 0 Å². The molecule has 5 nitrogen and oxygen atoms in total. The molecule has 0 bridgehead atoms. The largest absolute Gasteiger partial charge is 1.00 e. The summed E-state index contributed by atoms with van der Waals surface area (Å²) in [7, 11) is -3.02. The third-order valence-electron chi connectivity index (χ3n) is 1.38. The third-order valence-corrected chi connectivity index (χ3v) is 2.58. The van der Waals surface area contributed by atoms with Crippen LogP contribution in [-0.4, -0.2) is 21.7 Å². The Labute approximate surface area is 101 Å². The molecule has 0 unspecified atom stereocenters. The molecular formula is C8H9LiO5S. The summed E-state index contributed by atoms with van der Waals surface area (Å²) in [4.78, 5) is 10.5. The molecular weight excluding hydrogens is 215 g/mol. The van der Waals surface area contributed by atoms with Crippen LogP contribution in [0.2, 0.25) is 0 Å². The Kier molecular flexibility index (Phi) is 5.43. The first kappa shape index (κ1) is 14.0. The number of carbonyl (C=O) groups excluding carboxylic acids is 1. The molecule has 1 aromatic rings. The fraction of sp³-hybridized carbons (Fsp3) is 0.125. The standard InChI is InChI=1S/C8H8O5S.Li.H/c1-12-8(9)13-14(10,11)7-5-3-2-4-6-7;;/h2-6H,1H3;;/q;+1;-1. The van der Waals surface area contributed by atoms with Gasteiger partial charge in [0.2, 0.25) is 0 Å². The first-order valence-electron chi connectivity index (χ1n) is 3.64. The second-order valence-corrected chi connectivity index (χ2v) is 3.85. The van der Waals surface area contributed by atoms with Gasteiger partial charge in [-0.2, -0.15) is 8.42 Å². The zero-order chi connectivity index (χ0) is 10.6. The summed E-state index contributed by atoms with van der Waals surface area (Å²) in [5.74, 6) is 0. The minimum absolute atomic E-state index is 0. The molecule has 0 heterocycles. The van der Waals surface area contributed by atoms with Crippen molar-refractivity contribution in [1.29, 1.82) is 0 Å². The molecule has 0 aliphatic heterocycles. The quantitative estimate of drug-likeness (QED) is 0.339. The number of carbonyl (C=O) groups is 1. The predicted octanol–water partition coefficient (Wildman–Crippen LogP) is -1.73. The molecule has 7 heteroatoms. The van der Waals surface area contributed by atoms with Crippen molar-refractivity contribution < 1.29 is 42.4 Å². The molecule has 0 saturated carbocycles. The van der Waals surface area contributed by atoms with E-state index in [1.165, 1.54) is 24.3 Å². The van der Waals surface area contributed by atoms with Crippen molar-refractivity contribution in [2.24, 2.45) is 0 Å².